The summed E-state index contributed by atoms with van der Waals surface area (Å²) < 4.78 is 32.4. The predicted octanol–water partition coefficient (Wildman–Crippen LogP) is 4.13. The minimum Gasteiger partial charge on any atom is -0.492 e. The van der Waals surface area contributed by atoms with Crippen LogP contribution in [0.25, 0.3) is 0 Å². The third-order valence-corrected chi connectivity index (χ3v) is 5.18. The van der Waals surface area contributed by atoms with Crippen molar-refractivity contribution in [3.05, 3.63) is 59.4 Å². The maximum absolute atomic E-state index is 13.4. The molecule has 2 fully saturated rings. The molecule has 0 saturated heterocycles. The molecule has 0 spiro atoms. The van der Waals surface area contributed by atoms with Gasteiger partial charge in [-0.1, -0.05) is 0 Å². The van der Waals surface area contributed by atoms with Gasteiger partial charge in [-0.25, -0.2) is 8.78 Å². The number of rotatable bonds is 7. The zero-order valence-electron chi connectivity index (χ0n) is 15.1. The lowest BCUT2D eigenvalue weighted by Crippen LogP contribution is -2.29. The Bertz CT molecular complexity index is 816. The Morgan fingerprint density at radius 3 is 2.63 bits per heavy atom. The fourth-order valence-corrected chi connectivity index (χ4v) is 3.27. The van der Waals surface area contributed by atoms with Crippen LogP contribution >= 0.6 is 0 Å². The molecule has 1 heterocycles. The highest BCUT2D eigenvalue weighted by Gasteiger charge is 2.44. The molecule has 1 N–H and O–H groups in total. The van der Waals surface area contributed by atoms with Gasteiger partial charge >= 0.3 is 0 Å². The van der Waals surface area contributed by atoms with Gasteiger partial charge in [0.05, 0.1) is 24.5 Å². The molecule has 2 saturated carbocycles. The van der Waals surface area contributed by atoms with Crippen LogP contribution in [0.15, 0.2) is 36.5 Å². The summed E-state index contributed by atoms with van der Waals surface area (Å²) in [5.41, 5.74) is 1.28. The molecule has 1 aromatic carbocycles. The van der Waals surface area contributed by atoms with Crippen LogP contribution in [0.3, 0.4) is 0 Å². The third-order valence-electron chi connectivity index (χ3n) is 5.18. The Balaban J connectivity index is 1.31. The molecule has 2 aliphatic carbocycles. The molecule has 0 bridgehead atoms. The molecule has 6 heteroatoms. The molecule has 3 atom stereocenters. The van der Waals surface area contributed by atoms with E-state index in [1.165, 1.54) is 25.0 Å². The number of carbonyl (C=O) groups is 1. The molecular weight excluding hydrogens is 350 g/mol. The maximum Gasteiger partial charge on any atom is 0.224 e. The molecule has 1 unspecified atom stereocenters. The molecule has 142 valence electrons. The number of benzene rings is 1. The third kappa shape index (κ3) is 4.43. The summed E-state index contributed by atoms with van der Waals surface area (Å²) in [6.45, 7) is 2.60. The maximum atomic E-state index is 13.4. The molecule has 1 amide bonds. The topological polar surface area (TPSA) is 51.2 Å². The Morgan fingerprint density at radius 2 is 2.00 bits per heavy atom. The molecular formula is C21H22F2N2O2. The largest absolute Gasteiger partial charge is 0.492 e. The zero-order chi connectivity index (χ0) is 19.0. The first-order chi connectivity index (χ1) is 13.0. The fourth-order valence-electron chi connectivity index (χ4n) is 3.27. The minimum absolute atomic E-state index is 0.118. The van der Waals surface area contributed by atoms with Crippen molar-refractivity contribution in [2.24, 2.45) is 11.8 Å². The van der Waals surface area contributed by atoms with Gasteiger partial charge in [0.2, 0.25) is 5.91 Å². The SMILES string of the molecule is CC(NC(=O)[C@@H]1C[C@H]1c1cc(F)cc(F)c1)c1ccc(OCC2CC2)cn1. The Labute approximate surface area is 157 Å². The van der Waals surface area contributed by atoms with Crippen molar-refractivity contribution in [2.45, 2.75) is 38.1 Å². The van der Waals surface area contributed by atoms with E-state index in [-0.39, 0.29) is 23.8 Å². The average molecular weight is 372 g/mol. The van der Waals surface area contributed by atoms with Crippen LogP contribution < -0.4 is 10.1 Å². The normalized spacial score (nSPS) is 22.2. The first-order valence-electron chi connectivity index (χ1n) is 9.34. The standard InChI is InChI=1S/C21H22F2N2O2/c1-12(20-5-4-17(10-24-20)27-11-13-2-3-13)25-21(26)19-9-18(19)14-6-15(22)8-16(23)7-14/h4-8,10,12-13,18-19H,2-3,9,11H2,1H3,(H,25,26)/t12?,18-,19+/m0/s1. The summed E-state index contributed by atoms with van der Waals surface area (Å²) in [4.78, 5) is 16.8. The predicted molar refractivity (Wildman–Crippen MR) is 96.2 cm³/mol. The van der Waals surface area contributed by atoms with Crippen LogP contribution in [0.5, 0.6) is 5.75 Å². The Morgan fingerprint density at radius 1 is 1.26 bits per heavy atom. The number of aromatic nitrogens is 1. The van der Waals surface area contributed by atoms with E-state index in [1.807, 2.05) is 19.1 Å². The van der Waals surface area contributed by atoms with E-state index >= 15 is 0 Å². The molecule has 1 aromatic heterocycles. The van der Waals surface area contributed by atoms with Gasteiger partial charge in [0.1, 0.15) is 17.4 Å². The van der Waals surface area contributed by atoms with Crippen molar-refractivity contribution in [3.63, 3.8) is 0 Å². The zero-order valence-corrected chi connectivity index (χ0v) is 15.1. The number of hydrogen-bond donors (Lipinski definition) is 1. The highest BCUT2D eigenvalue weighted by atomic mass is 19.1. The number of nitrogens with one attached hydrogen (secondary N) is 1. The Hall–Kier alpha value is -2.50. The number of nitrogens with zero attached hydrogens (tertiary/aromatic N) is 1. The average Bonchev–Trinajstić information content (AvgIpc) is 3.54. The van der Waals surface area contributed by atoms with Gasteiger partial charge in [-0.3, -0.25) is 9.78 Å². The quantitative estimate of drug-likeness (QED) is 0.795. The molecule has 2 aliphatic rings. The van der Waals surface area contributed by atoms with Gasteiger partial charge < -0.3 is 10.1 Å². The van der Waals surface area contributed by atoms with E-state index in [9.17, 15) is 13.6 Å². The van der Waals surface area contributed by atoms with Crippen LogP contribution in [0.2, 0.25) is 0 Å². The Kier molecular flexibility index (Phi) is 4.81. The number of pyridine rings is 1. The van der Waals surface area contributed by atoms with Crippen molar-refractivity contribution < 1.29 is 18.3 Å². The highest BCUT2D eigenvalue weighted by Crippen LogP contribution is 2.48. The molecule has 2 aromatic rings. The lowest BCUT2D eigenvalue weighted by molar-refractivity contribution is -0.123. The lowest BCUT2D eigenvalue weighted by atomic mass is 10.1. The van der Waals surface area contributed by atoms with E-state index in [0.717, 1.165) is 24.1 Å². The second kappa shape index (κ2) is 7.25. The first-order valence-corrected chi connectivity index (χ1v) is 9.34. The lowest BCUT2D eigenvalue weighted by Gasteiger charge is -2.14. The van der Waals surface area contributed by atoms with Crippen molar-refractivity contribution in [3.8, 4) is 5.75 Å². The van der Waals surface area contributed by atoms with E-state index in [2.05, 4.69) is 10.3 Å². The molecule has 0 aliphatic heterocycles. The van der Waals surface area contributed by atoms with Crippen molar-refractivity contribution >= 4 is 5.91 Å². The monoisotopic (exact) mass is 372 g/mol. The van der Waals surface area contributed by atoms with Crippen LogP contribution in [-0.4, -0.2) is 17.5 Å². The van der Waals surface area contributed by atoms with Gasteiger partial charge in [-0.2, -0.15) is 0 Å². The summed E-state index contributed by atoms with van der Waals surface area (Å²) in [5.74, 6) is -0.313. The molecule has 4 rings (SSSR count). The van der Waals surface area contributed by atoms with E-state index in [4.69, 9.17) is 4.74 Å². The summed E-state index contributed by atoms with van der Waals surface area (Å²) in [5, 5.41) is 2.94. The molecule has 0 radical (unpaired) electrons. The van der Waals surface area contributed by atoms with E-state index < -0.39 is 11.6 Å². The number of halogens is 2. The second-order valence-electron chi connectivity index (χ2n) is 7.55. The van der Waals surface area contributed by atoms with Crippen LogP contribution in [0, 0.1) is 23.5 Å². The second-order valence-corrected chi connectivity index (χ2v) is 7.55. The van der Waals surface area contributed by atoms with Crippen LogP contribution in [-0.2, 0) is 4.79 Å². The van der Waals surface area contributed by atoms with Gasteiger partial charge in [0.15, 0.2) is 0 Å². The number of hydrogen-bond acceptors (Lipinski definition) is 3. The summed E-state index contributed by atoms with van der Waals surface area (Å²) in [6.07, 6.45) is 4.75. The van der Waals surface area contributed by atoms with Gasteiger partial charge in [0.25, 0.3) is 0 Å². The van der Waals surface area contributed by atoms with Gasteiger partial charge in [-0.05, 0) is 67.9 Å². The van der Waals surface area contributed by atoms with Crippen LogP contribution in [0.1, 0.15) is 49.4 Å². The first kappa shape index (κ1) is 17.9. The minimum atomic E-state index is -0.613. The van der Waals surface area contributed by atoms with Crippen molar-refractivity contribution in [1.82, 2.24) is 10.3 Å². The van der Waals surface area contributed by atoms with Gasteiger partial charge in [-0.15, -0.1) is 0 Å². The smallest absolute Gasteiger partial charge is 0.224 e. The molecule has 27 heavy (non-hydrogen) atoms. The number of amides is 1. The van der Waals surface area contributed by atoms with Crippen molar-refractivity contribution in [2.75, 3.05) is 6.61 Å². The van der Waals surface area contributed by atoms with E-state index in [1.54, 1.807) is 6.20 Å². The summed E-state index contributed by atoms with van der Waals surface area (Å²) >= 11 is 0. The summed E-state index contributed by atoms with van der Waals surface area (Å²) in [6, 6.07) is 6.90. The number of ether oxygens (including phenoxy) is 1. The summed E-state index contributed by atoms with van der Waals surface area (Å²) in [7, 11) is 0. The van der Waals surface area contributed by atoms with E-state index in [0.29, 0.717) is 17.9 Å². The van der Waals surface area contributed by atoms with Crippen molar-refractivity contribution in [1.29, 1.82) is 0 Å². The number of carbonyl (C=O) groups excluding carboxylic acids is 1. The highest BCUT2D eigenvalue weighted by molar-refractivity contribution is 5.83. The fraction of sp³-hybridized carbons (Fsp3) is 0.429. The van der Waals surface area contributed by atoms with Gasteiger partial charge in [0, 0.05) is 12.0 Å². The van der Waals surface area contributed by atoms with Crippen LogP contribution in [0.4, 0.5) is 8.78 Å². The molecule has 4 nitrogen and oxygen atoms in total.